The van der Waals surface area contributed by atoms with Crippen LogP contribution in [0, 0.1) is 16.7 Å². The van der Waals surface area contributed by atoms with E-state index in [2.05, 4.69) is 18.3 Å². The number of amides is 1. The van der Waals surface area contributed by atoms with E-state index in [4.69, 9.17) is 5.26 Å². The lowest BCUT2D eigenvalue weighted by molar-refractivity contribution is -0.127. The summed E-state index contributed by atoms with van der Waals surface area (Å²) in [5.74, 6) is 0.0997. The van der Waals surface area contributed by atoms with Crippen LogP contribution in [-0.2, 0) is 4.79 Å². The minimum Gasteiger partial charge on any atom is -0.316 e. The Morgan fingerprint density at radius 1 is 1.53 bits per heavy atom. The minimum atomic E-state index is -0.322. The third kappa shape index (κ3) is 2.34. The molecule has 4 nitrogen and oxygen atoms in total. The first-order chi connectivity index (χ1) is 9.14. The second-order valence-electron chi connectivity index (χ2n) is 5.05. The van der Waals surface area contributed by atoms with Gasteiger partial charge in [-0.2, -0.15) is 5.26 Å². The van der Waals surface area contributed by atoms with Crippen LogP contribution in [0.25, 0.3) is 0 Å². The van der Waals surface area contributed by atoms with E-state index in [1.807, 2.05) is 18.2 Å². The highest BCUT2D eigenvalue weighted by Gasteiger charge is 2.41. The number of rotatable bonds is 3. The summed E-state index contributed by atoms with van der Waals surface area (Å²) >= 11 is 0. The van der Waals surface area contributed by atoms with Crippen molar-refractivity contribution < 1.29 is 4.79 Å². The number of hydrogen-bond donors (Lipinski definition) is 1. The molecule has 0 saturated carbocycles. The predicted molar refractivity (Wildman–Crippen MR) is 74.8 cm³/mol. The van der Waals surface area contributed by atoms with Gasteiger partial charge in [0, 0.05) is 13.6 Å². The molecule has 0 aromatic heterocycles. The van der Waals surface area contributed by atoms with Crippen LogP contribution in [0.4, 0.5) is 5.69 Å². The highest BCUT2D eigenvalue weighted by molar-refractivity contribution is 5.98. The van der Waals surface area contributed by atoms with Gasteiger partial charge in [-0.15, -0.1) is 0 Å². The summed E-state index contributed by atoms with van der Waals surface area (Å²) in [6.07, 6.45) is 1.68. The molecule has 1 heterocycles. The van der Waals surface area contributed by atoms with Gasteiger partial charge in [-0.3, -0.25) is 4.79 Å². The second-order valence-corrected chi connectivity index (χ2v) is 5.05. The van der Waals surface area contributed by atoms with Gasteiger partial charge in [0.05, 0.1) is 16.7 Å². The van der Waals surface area contributed by atoms with Crippen LogP contribution in [0.15, 0.2) is 24.3 Å². The SMILES string of the molecule is CCC1(C(=O)N(C)c2ccccc2C#N)CCNC1. The summed E-state index contributed by atoms with van der Waals surface area (Å²) < 4.78 is 0. The van der Waals surface area contributed by atoms with Gasteiger partial charge in [-0.1, -0.05) is 19.1 Å². The first-order valence-corrected chi connectivity index (χ1v) is 6.62. The molecule has 1 amide bonds. The third-order valence-electron chi connectivity index (χ3n) is 4.06. The second kappa shape index (κ2) is 5.41. The maximum absolute atomic E-state index is 12.7. The Balaban J connectivity index is 2.31. The van der Waals surface area contributed by atoms with E-state index in [1.165, 1.54) is 0 Å². The average molecular weight is 257 g/mol. The molecule has 0 bridgehead atoms. The highest BCUT2D eigenvalue weighted by Crippen LogP contribution is 2.33. The average Bonchev–Trinajstić information content (AvgIpc) is 2.95. The number of carbonyl (C=O) groups is 1. The topological polar surface area (TPSA) is 56.1 Å². The number of nitrogens with zero attached hydrogens (tertiary/aromatic N) is 2. The number of anilines is 1. The van der Waals surface area contributed by atoms with Gasteiger partial charge in [0.2, 0.25) is 5.91 Å². The summed E-state index contributed by atoms with van der Waals surface area (Å²) in [4.78, 5) is 14.4. The Hall–Kier alpha value is -1.86. The van der Waals surface area contributed by atoms with Crippen molar-refractivity contribution in [1.29, 1.82) is 5.26 Å². The molecule has 1 aliphatic heterocycles. The molecule has 1 unspecified atom stereocenters. The molecule has 0 radical (unpaired) electrons. The van der Waals surface area contributed by atoms with E-state index in [0.29, 0.717) is 11.3 Å². The van der Waals surface area contributed by atoms with Crippen LogP contribution in [0.2, 0.25) is 0 Å². The van der Waals surface area contributed by atoms with Crippen LogP contribution in [0.3, 0.4) is 0 Å². The Bertz CT molecular complexity index is 512. The van der Waals surface area contributed by atoms with Crippen molar-refractivity contribution >= 4 is 11.6 Å². The number of carbonyl (C=O) groups excluding carboxylic acids is 1. The quantitative estimate of drug-likeness (QED) is 0.900. The Morgan fingerprint density at radius 3 is 2.84 bits per heavy atom. The number of para-hydroxylation sites is 1. The molecule has 1 aromatic rings. The molecule has 4 heteroatoms. The normalized spacial score (nSPS) is 21.9. The van der Waals surface area contributed by atoms with E-state index < -0.39 is 0 Å². The van der Waals surface area contributed by atoms with E-state index >= 15 is 0 Å². The zero-order valence-corrected chi connectivity index (χ0v) is 11.4. The first kappa shape index (κ1) is 13.6. The van der Waals surface area contributed by atoms with Crippen LogP contribution >= 0.6 is 0 Å². The lowest BCUT2D eigenvalue weighted by Gasteiger charge is -2.31. The fourth-order valence-corrected chi connectivity index (χ4v) is 2.71. The summed E-state index contributed by atoms with van der Waals surface area (Å²) in [5, 5.41) is 12.4. The Kier molecular flexibility index (Phi) is 3.87. The van der Waals surface area contributed by atoms with Gasteiger partial charge < -0.3 is 10.2 Å². The Morgan fingerprint density at radius 2 is 2.26 bits per heavy atom. The molecular weight excluding hydrogens is 238 g/mol. The summed E-state index contributed by atoms with van der Waals surface area (Å²) in [5.41, 5.74) is 0.905. The van der Waals surface area contributed by atoms with Crippen molar-refractivity contribution in [1.82, 2.24) is 5.32 Å². The molecule has 19 heavy (non-hydrogen) atoms. The number of hydrogen-bond acceptors (Lipinski definition) is 3. The molecule has 100 valence electrons. The predicted octanol–water partition coefficient (Wildman–Crippen LogP) is 1.91. The minimum absolute atomic E-state index is 0.0997. The fraction of sp³-hybridized carbons (Fsp3) is 0.467. The van der Waals surface area contributed by atoms with Crippen molar-refractivity contribution in [2.24, 2.45) is 5.41 Å². The zero-order valence-electron chi connectivity index (χ0n) is 11.4. The van der Waals surface area contributed by atoms with Crippen LogP contribution in [0.5, 0.6) is 0 Å². The van der Waals surface area contributed by atoms with Gasteiger partial charge in [-0.25, -0.2) is 0 Å². The molecule has 1 atom stereocenters. The van der Waals surface area contributed by atoms with Crippen molar-refractivity contribution in [3.63, 3.8) is 0 Å². The lowest BCUT2D eigenvalue weighted by Crippen LogP contribution is -2.43. The molecule has 1 saturated heterocycles. The van der Waals surface area contributed by atoms with E-state index in [-0.39, 0.29) is 11.3 Å². The van der Waals surface area contributed by atoms with E-state index in [1.54, 1.807) is 18.0 Å². The fourth-order valence-electron chi connectivity index (χ4n) is 2.71. The molecular formula is C15H19N3O. The van der Waals surface area contributed by atoms with Crippen molar-refractivity contribution in [2.45, 2.75) is 19.8 Å². The van der Waals surface area contributed by atoms with Gasteiger partial charge in [0.1, 0.15) is 6.07 Å². The molecule has 1 N–H and O–H groups in total. The lowest BCUT2D eigenvalue weighted by atomic mass is 9.82. The maximum Gasteiger partial charge on any atom is 0.234 e. The molecule has 1 aliphatic rings. The highest BCUT2D eigenvalue weighted by atomic mass is 16.2. The van der Waals surface area contributed by atoms with Crippen LogP contribution in [0.1, 0.15) is 25.3 Å². The van der Waals surface area contributed by atoms with Crippen LogP contribution in [-0.4, -0.2) is 26.0 Å². The molecule has 1 aromatic carbocycles. The third-order valence-corrected chi connectivity index (χ3v) is 4.06. The van der Waals surface area contributed by atoms with E-state index in [0.717, 1.165) is 25.9 Å². The molecule has 0 spiro atoms. The molecule has 0 aliphatic carbocycles. The number of nitriles is 1. The van der Waals surface area contributed by atoms with E-state index in [9.17, 15) is 4.79 Å². The van der Waals surface area contributed by atoms with Crippen molar-refractivity contribution in [3.05, 3.63) is 29.8 Å². The van der Waals surface area contributed by atoms with Crippen molar-refractivity contribution in [3.8, 4) is 6.07 Å². The summed E-state index contributed by atoms with van der Waals surface area (Å²) in [6, 6.07) is 9.37. The first-order valence-electron chi connectivity index (χ1n) is 6.62. The van der Waals surface area contributed by atoms with Gasteiger partial charge >= 0.3 is 0 Å². The zero-order chi connectivity index (χ0) is 13.9. The number of nitrogens with one attached hydrogen (secondary N) is 1. The molecule has 2 rings (SSSR count). The Labute approximate surface area is 114 Å². The maximum atomic E-state index is 12.7. The van der Waals surface area contributed by atoms with Crippen LogP contribution < -0.4 is 10.2 Å². The summed E-state index contributed by atoms with van der Waals surface area (Å²) in [7, 11) is 1.76. The largest absolute Gasteiger partial charge is 0.316 e. The monoisotopic (exact) mass is 257 g/mol. The molecule has 1 fully saturated rings. The number of benzene rings is 1. The summed E-state index contributed by atoms with van der Waals surface area (Å²) in [6.45, 7) is 3.66. The van der Waals surface area contributed by atoms with Gasteiger partial charge in [0.25, 0.3) is 0 Å². The van der Waals surface area contributed by atoms with Gasteiger partial charge in [-0.05, 0) is 31.5 Å². The smallest absolute Gasteiger partial charge is 0.234 e. The van der Waals surface area contributed by atoms with Gasteiger partial charge in [0.15, 0.2) is 0 Å². The standard InChI is InChI=1S/C15H19N3O/c1-3-15(8-9-17-11-15)14(19)18(2)13-7-5-4-6-12(13)10-16/h4-7,17H,3,8-9,11H2,1-2H3. The van der Waals surface area contributed by atoms with Crippen molar-refractivity contribution in [2.75, 3.05) is 25.0 Å².